The van der Waals surface area contributed by atoms with E-state index in [-0.39, 0.29) is 30.7 Å². The number of hydrogen-bond acceptors (Lipinski definition) is 6. The summed E-state index contributed by atoms with van der Waals surface area (Å²) in [5.74, 6) is -0.765. The first kappa shape index (κ1) is 23.6. The minimum atomic E-state index is -0.697. The van der Waals surface area contributed by atoms with Crippen LogP contribution in [0.2, 0.25) is 0 Å². The molecule has 3 rings (SSSR count). The van der Waals surface area contributed by atoms with E-state index in [0.29, 0.717) is 45.6 Å². The SMILES string of the molecule is O=C(COc1cccc(F)c1)N[C@@H]1C[C@@H](C(=O)N2CCOCC2)CC[C@H]1O.O=CO. The van der Waals surface area contributed by atoms with Crippen LogP contribution in [0.5, 0.6) is 5.75 Å². The lowest BCUT2D eigenvalue weighted by atomic mass is 9.82. The number of nitrogens with zero attached hydrogens (tertiary/aromatic N) is 1. The van der Waals surface area contributed by atoms with Gasteiger partial charge in [-0.25, -0.2) is 4.39 Å². The van der Waals surface area contributed by atoms with Crippen LogP contribution >= 0.6 is 0 Å². The number of carbonyl (C=O) groups excluding carboxylic acids is 2. The van der Waals surface area contributed by atoms with Gasteiger partial charge in [0.1, 0.15) is 11.6 Å². The lowest BCUT2D eigenvalue weighted by Gasteiger charge is -2.36. The fraction of sp³-hybridized carbons (Fsp3) is 0.550. The van der Waals surface area contributed by atoms with Gasteiger partial charge >= 0.3 is 0 Å². The molecule has 1 aromatic carbocycles. The van der Waals surface area contributed by atoms with Crippen molar-refractivity contribution in [2.24, 2.45) is 5.92 Å². The first-order chi connectivity index (χ1) is 14.4. The summed E-state index contributed by atoms with van der Waals surface area (Å²) in [6.07, 6.45) is 0.750. The monoisotopic (exact) mass is 426 g/mol. The van der Waals surface area contributed by atoms with Crippen LogP contribution in [-0.4, -0.2) is 78.5 Å². The Kier molecular flexibility index (Phi) is 9.49. The number of morpholine rings is 1. The van der Waals surface area contributed by atoms with Gasteiger partial charge < -0.3 is 29.9 Å². The summed E-state index contributed by atoms with van der Waals surface area (Å²) < 4.78 is 23.7. The molecule has 1 aliphatic carbocycles. The van der Waals surface area contributed by atoms with Crippen molar-refractivity contribution in [3.63, 3.8) is 0 Å². The Hall–Kier alpha value is -2.72. The minimum Gasteiger partial charge on any atom is -0.484 e. The second kappa shape index (κ2) is 12.1. The molecule has 1 saturated carbocycles. The quantitative estimate of drug-likeness (QED) is 0.583. The maximum Gasteiger partial charge on any atom is 0.290 e. The molecule has 3 atom stereocenters. The zero-order valence-electron chi connectivity index (χ0n) is 16.5. The first-order valence-corrected chi connectivity index (χ1v) is 9.74. The van der Waals surface area contributed by atoms with Crippen LogP contribution < -0.4 is 10.1 Å². The maximum atomic E-state index is 13.1. The second-order valence-electron chi connectivity index (χ2n) is 7.04. The highest BCUT2D eigenvalue weighted by molar-refractivity contribution is 5.80. The van der Waals surface area contributed by atoms with Crippen molar-refractivity contribution in [2.75, 3.05) is 32.9 Å². The maximum absolute atomic E-state index is 13.1. The molecule has 30 heavy (non-hydrogen) atoms. The molecule has 2 amide bonds. The van der Waals surface area contributed by atoms with Crippen molar-refractivity contribution < 1.29 is 38.5 Å². The summed E-state index contributed by atoms with van der Waals surface area (Å²) in [5.41, 5.74) is 0. The topological polar surface area (TPSA) is 125 Å². The molecule has 2 fully saturated rings. The molecule has 1 aromatic rings. The molecule has 0 aromatic heterocycles. The number of aliphatic hydroxyl groups is 1. The van der Waals surface area contributed by atoms with E-state index < -0.39 is 23.9 Å². The van der Waals surface area contributed by atoms with Crippen LogP contribution in [-0.2, 0) is 19.1 Å². The fourth-order valence-electron chi connectivity index (χ4n) is 3.53. The zero-order chi connectivity index (χ0) is 21.9. The van der Waals surface area contributed by atoms with Gasteiger partial charge in [-0.15, -0.1) is 0 Å². The van der Waals surface area contributed by atoms with Gasteiger partial charge in [0.25, 0.3) is 12.4 Å². The number of nitrogens with one attached hydrogen (secondary N) is 1. The predicted octanol–water partition coefficient (Wildman–Crippen LogP) is 0.410. The summed E-state index contributed by atoms with van der Waals surface area (Å²) in [7, 11) is 0. The van der Waals surface area contributed by atoms with Crippen molar-refractivity contribution in [3.8, 4) is 5.75 Å². The zero-order valence-corrected chi connectivity index (χ0v) is 16.5. The molecular weight excluding hydrogens is 399 g/mol. The van der Waals surface area contributed by atoms with Gasteiger partial charge in [-0.3, -0.25) is 14.4 Å². The Morgan fingerprint density at radius 3 is 2.67 bits per heavy atom. The summed E-state index contributed by atoms with van der Waals surface area (Å²) in [6.45, 7) is 1.71. The Morgan fingerprint density at radius 2 is 2.00 bits per heavy atom. The molecule has 3 N–H and O–H groups in total. The summed E-state index contributed by atoms with van der Waals surface area (Å²) in [4.78, 5) is 34.9. The molecule has 9 nitrogen and oxygen atoms in total. The Morgan fingerprint density at radius 1 is 1.30 bits per heavy atom. The average molecular weight is 426 g/mol. The van der Waals surface area contributed by atoms with Crippen LogP contribution in [0.4, 0.5) is 4.39 Å². The van der Waals surface area contributed by atoms with E-state index in [1.165, 1.54) is 18.2 Å². The first-order valence-electron chi connectivity index (χ1n) is 9.74. The molecule has 1 saturated heterocycles. The third-order valence-electron chi connectivity index (χ3n) is 5.00. The van der Waals surface area contributed by atoms with Gasteiger partial charge in [0.2, 0.25) is 5.91 Å². The number of amides is 2. The van der Waals surface area contributed by atoms with Crippen LogP contribution in [0, 0.1) is 11.7 Å². The standard InChI is InChI=1S/C19H25FN2O5.CH2O2/c20-14-2-1-3-15(11-14)27-12-18(24)21-16-10-13(4-5-17(16)23)19(25)22-6-8-26-9-7-22;2-1-3/h1-3,11,13,16-17,23H,4-10,12H2,(H,21,24);1H,(H,2,3)/t13-,16+,17+;/m0./s1. The lowest BCUT2D eigenvalue weighted by Crippen LogP contribution is -2.52. The number of ether oxygens (including phenoxy) is 2. The van der Waals surface area contributed by atoms with Crippen molar-refractivity contribution >= 4 is 18.3 Å². The normalized spacial score (nSPS) is 23.5. The number of benzene rings is 1. The van der Waals surface area contributed by atoms with E-state index in [9.17, 15) is 19.1 Å². The second-order valence-corrected chi connectivity index (χ2v) is 7.04. The molecule has 1 heterocycles. The molecule has 1 aliphatic heterocycles. The Balaban J connectivity index is 0.00000101. The summed E-state index contributed by atoms with van der Waals surface area (Å²) >= 11 is 0. The van der Waals surface area contributed by atoms with Crippen molar-refractivity contribution in [1.29, 1.82) is 0 Å². The van der Waals surface area contributed by atoms with E-state index in [2.05, 4.69) is 5.32 Å². The third kappa shape index (κ3) is 7.27. The van der Waals surface area contributed by atoms with Gasteiger partial charge in [0.15, 0.2) is 6.61 Å². The van der Waals surface area contributed by atoms with E-state index in [1.54, 1.807) is 11.0 Å². The molecule has 0 bridgehead atoms. The number of rotatable bonds is 5. The number of hydrogen-bond donors (Lipinski definition) is 3. The van der Waals surface area contributed by atoms with Crippen molar-refractivity contribution in [2.45, 2.75) is 31.4 Å². The number of carboxylic acid groups (broad SMARTS) is 1. The van der Waals surface area contributed by atoms with Gasteiger partial charge in [0.05, 0.1) is 25.4 Å². The molecule has 10 heteroatoms. The third-order valence-corrected chi connectivity index (χ3v) is 5.00. The average Bonchev–Trinajstić information content (AvgIpc) is 2.75. The summed E-state index contributed by atoms with van der Waals surface area (Å²) in [6, 6.07) is 5.03. The smallest absolute Gasteiger partial charge is 0.290 e. The lowest BCUT2D eigenvalue weighted by molar-refractivity contribution is -0.142. The highest BCUT2D eigenvalue weighted by Crippen LogP contribution is 2.27. The molecule has 0 radical (unpaired) electrons. The molecule has 0 spiro atoms. The van der Waals surface area contributed by atoms with Crippen molar-refractivity contribution in [3.05, 3.63) is 30.1 Å². The fourth-order valence-corrected chi connectivity index (χ4v) is 3.53. The highest BCUT2D eigenvalue weighted by atomic mass is 19.1. The highest BCUT2D eigenvalue weighted by Gasteiger charge is 2.36. The van der Waals surface area contributed by atoms with E-state index in [4.69, 9.17) is 19.4 Å². The van der Waals surface area contributed by atoms with Gasteiger partial charge in [-0.05, 0) is 31.4 Å². The molecular formula is C20H27FN2O7. The Bertz CT molecular complexity index is 712. The molecule has 166 valence electrons. The number of aliphatic hydroxyl groups excluding tert-OH is 1. The van der Waals surface area contributed by atoms with Crippen LogP contribution in [0.3, 0.4) is 0 Å². The van der Waals surface area contributed by atoms with E-state index >= 15 is 0 Å². The van der Waals surface area contributed by atoms with Gasteiger partial charge in [0, 0.05) is 25.1 Å². The van der Waals surface area contributed by atoms with Crippen LogP contribution in [0.25, 0.3) is 0 Å². The number of carbonyl (C=O) groups is 3. The number of halogens is 1. The Labute approximate surface area is 173 Å². The van der Waals surface area contributed by atoms with Gasteiger partial charge in [-0.1, -0.05) is 6.07 Å². The summed E-state index contributed by atoms with van der Waals surface area (Å²) in [5, 5.41) is 19.8. The van der Waals surface area contributed by atoms with Crippen LogP contribution in [0.15, 0.2) is 24.3 Å². The van der Waals surface area contributed by atoms with E-state index in [1.807, 2.05) is 0 Å². The molecule has 0 unspecified atom stereocenters. The predicted molar refractivity (Wildman–Crippen MR) is 103 cm³/mol. The molecule has 2 aliphatic rings. The van der Waals surface area contributed by atoms with Crippen LogP contribution in [0.1, 0.15) is 19.3 Å². The largest absolute Gasteiger partial charge is 0.484 e. The van der Waals surface area contributed by atoms with E-state index in [0.717, 1.165) is 0 Å². The minimum absolute atomic E-state index is 0.0560. The van der Waals surface area contributed by atoms with Crippen molar-refractivity contribution in [1.82, 2.24) is 10.2 Å². The van der Waals surface area contributed by atoms with Gasteiger partial charge in [-0.2, -0.15) is 0 Å².